The van der Waals surface area contributed by atoms with Gasteiger partial charge in [-0.2, -0.15) is 16.7 Å². The number of rotatable bonds is 8. The molecular formula is C15H20N6OS. The number of nitrogens with zero attached hydrogens (tertiary/aromatic N) is 5. The van der Waals surface area contributed by atoms with Gasteiger partial charge in [0.05, 0.1) is 12.6 Å². The van der Waals surface area contributed by atoms with Crippen molar-refractivity contribution in [2.24, 2.45) is 0 Å². The highest BCUT2D eigenvalue weighted by molar-refractivity contribution is 7.98. The summed E-state index contributed by atoms with van der Waals surface area (Å²) in [6.07, 6.45) is 5.79. The minimum atomic E-state index is 0.0865. The normalized spacial score (nSPS) is 12.8. The first-order valence-electron chi connectivity index (χ1n) is 7.65. The van der Waals surface area contributed by atoms with Crippen LogP contribution in [0.5, 0.6) is 0 Å². The second kappa shape index (κ2) is 7.56. The summed E-state index contributed by atoms with van der Waals surface area (Å²) in [4.78, 5) is 4.34. The molecule has 3 rings (SSSR count). The van der Waals surface area contributed by atoms with E-state index in [0.717, 1.165) is 30.1 Å². The largest absolute Gasteiger partial charge is 0.339 e. The fraction of sp³-hybridized carbons (Fsp3) is 0.467. The Hall–Kier alpha value is -1.93. The summed E-state index contributed by atoms with van der Waals surface area (Å²) >= 11 is 1.81. The Balaban J connectivity index is 1.77. The number of hydrogen-bond donors (Lipinski definition) is 1. The van der Waals surface area contributed by atoms with Gasteiger partial charge in [-0.25, -0.2) is 0 Å². The van der Waals surface area contributed by atoms with Crippen LogP contribution in [0, 0.1) is 0 Å². The van der Waals surface area contributed by atoms with E-state index >= 15 is 0 Å². The molecule has 3 aromatic heterocycles. The summed E-state index contributed by atoms with van der Waals surface area (Å²) in [5.41, 5.74) is 0.853. The van der Waals surface area contributed by atoms with Gasteiger partial charge in [0.2, 0.25) is 5.89 Å². The summed E-state index contributed by atoms with van der Waals surface area (Å²) < 4.78 is 7.17. The molecule has 3 heterocycles. The average Bonchev–Trinajstić information content (AvgIpc) is 3.22. The Labute approximate surface area is 138 Å². The summed E-state index contributed by atoms with van der Waals surface area (Å²) in [7, 11) is 0. The van der Waals surface area contributed by atoms with E-state index in [1.807, 2.05) is 47.5 Å². The molecule has 0 bridgehead atoms. The minimum absolute atomic E-state index is 0.0865. The molecule has 1 N–H and O–H groups in total. The van der Waals surface area contributed by atoms with Crippen molar-refractivity contribution in [3.8, 4) is 0 Å². The van der Waals surface area contributed by atoms with Gasteiger partial charge in [-0.3, -0.25) is 4.40 Å². The molecule has 0 spiro atoms. The molecule has 0 fully saturated rings. The van der Waals surface area contributed by atoms with Crippen molar-refractivity contribution in [2.45, 2.75) is 32.4 Å². The SMILES string of the molecule is CCc1nc(CNC(CCSC)c2nnc3ccccn23)no1. The molecule has 1 atom stereocenters. The Morgan fingerprint density at radius 3 is 3.04 bits per heavy atom. The third-order valence-corrected chi connectivity index (χ3v) is 4.23. The van der Waals surface area contributed by atoms with Gasteiger partial charge < -0.3 is 9.84 Å². The smallest absolute Gasteiger partial charge is 0.226 e. The number of thioether (sulfide) groups is 1. The molecule has 122 valence electrons. The topological polar surface area (TPSA) is 81.1 Å². The third-order valence-electron chi connectivity index (χ3n) is 3.58. The number of nitrogens with one attached hydrogen (secondary N) is 1. The van der Waals surface area contributed by atoms with Gasteiger partial charge >= 0.3 is 0 Å². The van der Waals surface area contributed by atoms with Crippen molar-refractivity contribution in [1.29, 1.82) is 0 Å². The van der Waals surface area contributed by atoms with Gasteiger partial charge in [0.25, 0.3) is 0 Å². The molecule has 3 aromatic rings. The highest BCUT2D eigenvalue weighted by atomic mass is 32.2. The summed E-state index contributed by atoms with van der Waals surface area (Å²) in [5.74, 6) is 3.28. The lowest BCUT2D eigenvalue weighted by Crippen LogP contribution is -2.24. The Morgan fingerprint density at radius 1 is 1.35 bits per heavy atom. The molecule has 8 heteroatoms. The monoisotopic (exact) mass is 332 g/mol. The van der Waals surface area contributed by atoms with Crippen LogP contribution in [0.15, 0.2) is 28.9 Å². The van der Waals surface area contributed by atoms with E-state index in [9.17, 15) is 0 Å². The summed E-state index contributed by atoms with van der Waals surface area (Å²) in [6.45, 7) is 2.54. The highest BCUT2D eigenvalue weighted by Crippen LogP contribution is 2.18. The lowest BCUT2D eigenvalue weighted by Gasteiger charge is -2.15. The van der Waals surface area contributed by atoms with Gasteiger partial charge in [0, 0.05) is 12.6 Å². The second-order valence-corrected chi connectivity index (χ2v) is 6.15. The van der Waals surface area contributed by atoms with Crippen LogP contribution < -0.4 is 5.32 Å². The van der Waals surface area contributed by atoms with E-state index in [0.29, 0.717) is 18.3 Å². The molecule has 23 heavy (non-hydrogen) atoms. The van der Waals surface area contributed by atoms with Gasteiger partial charge in [0.15, 0.2) is 17.3 Å². The standard InChI is InChI=1S/C15H20N6OS/c1-3-14-17-12(20-22-14)10-16-11(7-9-23-2)15-19-18-13-6-4-5-8-21(13)15/h4-6,8,11,16H,3,7,9-10H2,1-2H3. The van der Waals surface area contributed by atoms with Crippen molar-refractivity contribution in [3.05, 3.63) is 41.9 Å². The highest BCUT2D eigenvalue weighted by Gasteiger charge is 2.18. The lowest BCUT2D eigenvalue weighted by molar-refractivity contribution is 0.372. The van der Waals surface area contributed by atoms with E-state index in [-0.39, 0.29) is 6.04 Å². The van der Waals surface area contributed by atoms with Crippen LogP contribution in [0.1, 0.15) is 36.9 Å². The first-order valence-corrected chi connectivity index (χ1v) is 9.04. The summed E-state index contributed by atoms with van der Waals surface area (Å²) in [6, 6.07) is 5.99. The maximum absolute atomic E-state index is 5.15. The third kappa shape index (κ3) is 3.70. The van der Waals surface area contributed by atoms with Crippen LogP contribution in [0.2, 0.25) is 0 Å². The molecule has 0 aliphatic heterocycles. The number of aromatic nitrogens is 5. The van der Waals surface area contributed by atoms with Crippen molar-refractivity contribution >= 4 is 17.4 Å². The van der Waals surface area contributed by atoms with Crippen molar-refractivity contribution in [2.75, 3.05) is 12.0 Å². The predicted molar refractivity (Wildman–Crippen MR) is 89.2 cm³/mol. The minimum Gasteiger partial charge on any atom is -0.339 e. The zero-order chi connectivity index (χ0) is 16.1. The number of aryl methyl sites for hydroxylation is 1. The number of pyridine rings is 1. The fourth-order valence-corrected chi connectivity index (χ4v) is 2.85. The van der Waals surface area contributed by atoms with E-state index in [1.54, 1.807) is 0 Å². The number of hydrogen-bond acceptors (Lipinski definition) is 7. The number of fused-ring (bicyclic) bond motifs is 1. The first-order chi connectivity index (χ1) is 11.3. The molecule has 0 radical (unpaired) electrons. The molecule has 1 unspecified atom stereocenters. The molecule has 0 aliphatic carbocycles. The lowest BCUT2D eigenvalue weighted by atomic mass is 10.2. The molecular weight excluding hydrogens is 312 g/mol. The van der Waals surface area contributed by atoms with Crippen molar-refractivity contribution < 1.29 is 4.52 Å². The molecule has 0 aromatic carbocycles. The average molecular weight is 332 g/mol. The zero-order valence-corrected chi connectivity index (χ0v) is 14.1. The first kappa shape index (κ1) is 15.9. The molecule has 0 saturated carbocycles. The van der Waals surface area contributed by atoms with E-state index < -0.39 is 0 Å². The van der Waals surface area contributed by atoms with Crippen LogP contribution in [0.4, 0.5) is 0 Å². The van der Waals surface area contributed by atoms with Crippen LogP contribution in [0.25, 0.3) is 5.65 Å². The summed E-state index contributed by atoms with van der Waals surface area (Å²) in [5, 5.41) is 16.1. The fourth-order valence-electron chi connectivity index (χ4n) is 2.38. The van der Waals surface area contributed by atoms with Gasteiger partial charge in [0.1, 0.15) is 0 Å². The zero-order valence-electron chi connectivity index (χ0n) is 13.3. The molecule has 0 aliphatic rings. The quantitative estimate of drug-likeness (QED) is 0.677. The van der Waals surface area contributed by atoms with Crippen LogP contribution >= 0.6 is 11.8 Å². The maximum Gasteiger partial charge on any atom is 0.226 e. The Morgan fingerprint density at radius 2 is 2.26 bits per heavy atom. The Kier molecular flexibility index (Phi) is 5.24. The molecule has 0 saturated heterocycles. The van der Waals surface area contributed by atoms with Crippen LogP contribution in [0.3, 0.4) is 0 Å². The van der Waals surface area contributed by atoms with E-state index in [2.05, 4.69) is 31.9 Å². The van der Waals surface area contributed by atoms with Crippen molar-refractivity contribution in [3.63, 3.8) is 0 Å². The van der Waals surface area contributed by atoms with Crippen LogP contribution in [-0.4, -0.2) is 36.7 Å². The predicted octanol–water partition coefficient (Wildman–Crippen LogP) is 2.26. The van der Waals surface area contributed by atoms with E-state index in [4.69, 9.17) is 4.52 Å². The van der Waals surface area contributed by atoms with Gasteiger partial charge in [-0.15, -0.1) is 10.2 Å². The molecule has 0 amide bonds. The van der Waals surface area contributed by atoms with E-state index in [1.165, 1.54) is 0 Å². The van der Waals surface area contributed by atoms with Crippen LogP contribution in [-0.2, 0) is 13.0 Å². The van der Waals surface area contributed by atoms with Gasteiger partial charge in [-0.1, -0.05) is 18.1 Å². The Bertz CT molecular complexity index is 755. The second-order valence-electron chi connectivity index (χ2n) is 5.16. The van der Waals surface area contributed by atoms with Crippen molar-refractivity contribution in [1.82, 2.24) is 30.1 Å². The maximum atomic E-state index is 5.15. The van der Waals surface area contributed by atoms with Gasteiger partial charge in [-0.05, 0) is 30.6 Å². The molecule has 7 nitrogen and oxygen atoms in total.